The molecule has 0 aliphatic carbocycles. The summed E-state index contributed by atoms with van der Waals surface area (Å²) in [6.07, 6.45) is 10.0. The van der Waals surface area contributed by atoms with E-state index >= 15 is 0 Å². The average molecular weight is 419 g/mol. The fraction of sp³-hybridized carbons (Fsp3) is 0.320. The molecule has 162 valence electrons. The third-order valence-electron chi connectivity index (χ3n) is 5.37. The van der Waals surface area contributed by atoms with Crippen molar-refractivity contribution < 1.29 is 9.53 Å². The second-order valence-corrected chi connectivity index (χ2v) is 7.53. The first kappa shape index (κ1) is 22.4. The van der Waals surface area contributed by atoms with Crippen LogP contribution in [-0.4, -0.2) is 29.0 Å². The summed E-state index contributed by atoms with van der Waals surface area (Å²) in [5, 5.41) is 3.48. The quantitative estimate of drug-likeness (QED) is 0.470. The van der Waals surface area contributed by atoms with Crippen molar-refractivity contribution in [3.63, 3.8) is 0 Å². The molecule has 6 nitrogen and oxygen atoms in total. The summed E-state index contributed by atoms with van der Waals surface area (Å²) < 4.78 is 5.70. The fourth-order valence-electron chi connectivity index (χ4n) is 3.59. The number of rotatable bonds is 12. The van der Waals surface area contributed by atoms with E-state index < -0.39 is 11.4 Å². The first-order valence-electron chi connectivity index (χ1n) is 10.7. The maximum absolute atomic E-state index is 12.8. The van der Waals surface area contributed by atoms with Gasteiger partial charge in [0.1, 0.15) is 11.3 Å². The van der Waals surface area contributed by atoms with Crippen LogP contribution in [0.15, 0.2) is 73.3 Å². The molecular weight excluding hydrogens is 388 g/mol. The van der Waals surface area contributed by atoms with Crippen molar-refractivity contribution in [1.29, 1.82) is 0 Å². The molecule has 0 saturated heterocycles. The third kappa shape index (κ3) is 6.12. The largest absolute Gasteiger partial charge is 0.494 e. The van der Waals surface area contributed by atoms with Crippen molar-refractivity contribution in [2.24, 2.45) is 5.73 Å². The Morgan fingerprint density at radius 2 is 1.52 bits per heavy atom. The summed E-state index contributed by atoms with van der Waals surface area (Å²) in [4.78, 5) is 21.0. The molecule has 0 saturated carbocycles. The molecule has 0 fully saturated rings. The number of nitrogens with two attached hydrogens (primary N) is 1. The molecule has 2 aromatic heterocycles. The van der Waals surface area contributed by atoms with Crippen molar-refractivity contribution in [2.75, 3.05) is 13.2 Å². The Hall–Kier alpha value is -3.25. The topological polar surface area (TPSA) is 90.1 Å². The zero-order chi connectivity index (χ0) is 21.9. The number of hydrogen-bond acceptors (Lipinski definition) is 5. The van der Waals surface area contributed by atoms with Crippen molar-refractivity contribution in [2.45, 2.75) is 38.1 Å². The molecule has 3 aromatic rings. The van der Waals surface area contributed by atoms with Crippen molar-refractivity contribution in [1.82, 2.24) is 15.3 Å². The van der Waals surface area contributed by atoms with E-state index in [2.05, 4.69) is 22.2 Å². The van der Waals surface area contributed by atoms with Gasteiger partial charge in [-0.1, -0.05) is 19.1 Å². The van der Waals surface area contributed by atoms with Crippen LogP contribution in [0.4, 0.5) is 0 Å². The normalized spacial score (nSPS) is 12.8. The second kappa shape index (κ2) is 11.2. The van der Waals surface area contributed by atoms with Crippen molar-refractivity contribution in [3.8, 4) is 5.75 Å². The number of hydrogen-bond donors (Lipinski definition) is 2. The molecule has 1 amide bonds. The summed E-state index contributed by atoms with van der Waals surface area (Å²) in [7, 11) is 0. The van der Waals surface area contributed by atoms with Gasteiger partial charge in [0, 0.05) is 31.3 Å². The van der Waals surface area contributed by atoms with Crippen LogP contribution in [0.2, 0.25) is 0 Å². The lowest BCUT2D eigenvalue weighted by Gasteiger charge is -2.33. The van der Waals surface area contributed by atoms with Crippen LogP contribution in [0, 0.1) is 0 Å². The van der Waals surface area contributed by atoms with Gasteiger partial charge < -0.3 is 10.5 Å². The van der Waals surface area contributed by atoms with Gasteiger partial charge in [0.25, 0.3) is 0 Å². The highest BCUT2D eigenvalue weighted by molar-refractivity contribution is 5.86. The SMILES string of the molecule is CCCOc1ccc(C(CCc2ccncc2)(NCCc2ccncc2)C(N)=O)cc1. The van der Waals surface area contributed by atoms with E-state index in [-0.39, 0.29) is 0 Å². The fourth-order valence-corrected chi connectivity index (χ4v) is 3.59. The van der Waals surface area contributed by atoms with Gasteiger partial charge in [0.05, 0.1) is 6.61 Å². The Kier molecular flexibility index (Phi) is 8.12. The van der Waals surface area contributed by atoms with Crippen LogP contribution in [-0.2, 0) is 23.2 Å². The highest BCUT2D eigenvalue weighted by Gasteiger charge is 2.37. The number of pyridine rings is 2. The Balaban J connectivity index is 1.83. The molecule has 0 aliphatic rings. The van der Waals surface area contributed by atoms with E-state index in [4.69, 9.17) is 10.5 Å². The van der Waals surface area contributed by atoms with E-state index in [1.54, 1.807) is 24.8 Å². The molecule has 3 N–H and O–H groups in total. The molecule has 6 heteroatoms. The number of benzene rings is 1. The molecule has 0 bridgehead atoms. The van der Waals surface area contributed by atoms with Crippen molar-refractivity contribution >= 4 is 5.91 Å². The van der Waals surface area contributed by atoms with E-state index in [1.165, 1.54) is 0 Å². The number of aryl methyl sites for hydroxylation is 1. The maximum atomic E-state index is 12.8. The van der Waals surface area contributed by atoms with Crippen molar-refractivity contribution in [3.05, 3.63) is 90.0 Å². The van der Waals surface area contributed by atoms with Gasteiger partial charge >= 0.3 is 0 Å². The Morgan fingerprint density at radius 3 is 2.06 bits per heavy atom. The molecule has 0 radical (unpaired) electrons. The highest BCUT2D eigenvalue weighted by Crippen LogP contribution is 2.29. The zero-order valence-electron chi connectivity index (χ0n) is 18.0. The van der Waals surface area contributed by atoms with Gasteiger partial charge in [0.15, 0.2) is 0 Å². The van der Waals surface area contributed by atoms with E-state index in [0.717, 1.165) is 35.3 Å². The second-order valence-electron chi connectivity index (χ2n) is 7.53. The van der Waals surface area contributed by atoms with Gasteiger partial charge in [-0.2, -0.15) is 0 Å². The van der Waals surface area contributed by atoms with Gasteiger partial charge in [-0.05, 0) is 78.8 Å². The summed E-state index contributed by atoms with van der Waals surface area (Å²) >= 11 is 0. The van der Waals surface area contributed by atoms with Gasteiger partial charge in [-0.15, -0.1) is 0 Å². The molecular formula is C25H30N4O2. The standard InChI is InChI=1S/C25H30N4O2/c1-2-19-31-23-5-3-22(4-6-23)25(24(26)30,13-7-20-8-14-27-15-9-20)29-18-12-21-10-16-28-17-11-21/h3-6,8-11,14-17,29H,2,7,12-13,18-19H2,1H3,(H2,26,30). The highest BCUT2D eigenvalue weighted by atomic mass is 16.5. The van der Waals surface area contributed by atoms with Crippen LogP contribution in [0.5, 0.6) is 5.75 Å². The van der Waals surface area contributed by atoms with Crippen LogP contribution in [0.25, 0.3) is 0 Å². The minimum absolute atomic E-state index is 0.390. The predicted molar refractivity (Wildman–Crippen MR) is 122 cm³/mol. The molecule has 1 aromatic carbocycles. The lowest BCUT2D eigenvalue weighted by molar-refractivity contribution is -0.125. The number of nitrogens with zero attached hydrogens (tertiary/aromatic N) is 2. The first-order valence-corrected chi connectivity index (χ1v) is 10.7. The summed E-state index contributed by atoms with van der Waals surface area (Å²) in [6, 6.07) is 15.5. The molecule has 0 spiro atoms. The van der Waals surface area contributed by atoms with Crippen LogP contribution in [0.1, 0.15) is 36.5 Å². The third-order valence-corrected chi connectivity index (χ3v) is 5.37. The smallest absolute Gasteiger partial charge is 0.242 e. The van der Waals surface area contributed by atoms with Crippen LogP contribution >= 0.6 is 0 Å². The number of primary amides is 1. The monoisotopic (exact) mass is 418 g/mol. The number of nitrogens with one attached hydrogen (secondary N) is 1. The lowest BCUT2D eigenvalue weighted by atomic mass is 9.83. The van der Waals surface area contributed by atoms with Gasteiger partial charge in [-0.25, -0.2) is 0 Å². The number of ether oxygens (including phenoxy) is 1. The number of carbonyl (C=O) groups excluding carboxylic acids is 1. The summed E-state index contributed by atoms with van der Waals surface area (Å²) in [6.45, 7) is 3.34. The van der Waals surface area contributed by atoms with E-state index in [0.29, 0.717) is 26.0 Å². The minimum Gasteiger partial charge on any atom is -0.494 e. The lowest BCUT2D eigenvalue weighted by Crippen LogP contribution is -2.53. The van der Waals surface area contributed by atoms with E-state index in [9.17, 15) is 4.79 Å². The maximum Gasteiger partial charge on any atom is 0.242 e. The Labute approximate surface area is 183 Å². The zero-order valence-corrected chi connectivity index (χ0v) is 18.0. The number of carbonyl (C=O) groups is 1. The van der Waals surface area contributed by atoms with Crippen LogP contribution < -0.4 is 15.8 Å². The Morgan fingerprint density at radius 1 is 0.935 bits per heavy atom. The molecule has 2 heterocycles. The number of amides is 1. The number of aromatic nitrogens is 2. The minimum atomic E-state index is -0.987. The molecule has 31 heavy (non-hydrogen) atoms. The summed E-state index contributed by atoms with van der Waals surface area (Å²) in [5.74, 6) is 0.397. The molecule has 3 rings (SSSR count). The van der Waals surface area contributed by atoms with Gasteiger partial charge in [-0.3, -0.25) is 20.1 Å². The first-order chi connectivity index (χ1) is 15.1. The Bertz CT molecular complexity index is 933. The predicted octanol–water partition coefficient (Wildman–Crippen LogP) is 3.41. The van der Waals surface area contributed by atoms with Gasteiger partial charge in [0.2, 0.25) is 5.91 Å². The van der Waals surface area contributed by atoms with Crippen LogP contribution in [0.3, 0.4) is 0 Å². The molecule has 1 atom stereocenters. The summed E-state index contributed by atoms with van der Waals surface area (Å²) in [5.41, 5.74) is 8.13. The molecule has 0 aliphatic heterocycles. The average Bonchev–Trinajstić information content (AvgIpc) is 2.81. The van der Waals surface area contributed by atoms with E-state index in [1.807, 2.05) is 48.5 Å². The molecule has 1 unspecified atom stereocenters.